The van der Waals surface area contributed by atoms with Crippen molar-refractivity contribution in [2.24, 2.45) is 0 Å². The molecule has 1 heterocycles. The van der Waals surface area contributed by atoms with Crippen molar-refractivity contribution < 1.29 is 4.79 Å². The van der Waals surface area contributed by atoms with Crippen LogP contribution < -0.4 is 10.6 Å². The highest BCUT2D eigenvalue weighted by molar-refractivity contribution is 6.42. The number of aromatic nitrogens is 1. The van der Waals surface area contributed by atoms with Crippen molar-refractivity contribution in [2.45, 2.75) is 6.92 Å². The van der Waals surface area contributed by atoms with Crippen LogP contribution in [0.4, 0.5) is 17.2 Å². The van der Waals surface area contributed by atoms with Crippen molar-refractivity contribution in [3.63, 3.8) is 0 Å². The monoisotopic (exact) mass is 371 g/mol. The summed E-state index contributed by atoms with van der Waals surface area (Å²) >= 11 is 12.0. The average Bonchev–Trinajstić information content (AvgIpc) is 2.58. The minimum atomic E-state index is -0.249. The molecule has 6 heteroatoms. The van der Waals surface area contributed by atoms with E-state index in [0.717, 1.165) is 11.3 Å². The number of hydrogen-bond donors (Lipinski definition) is 2. The summed E-state index contributed by atoms with van der Waals surface area (Å²) in [6, 6.07) is 16.2. The topological polar surface area (TPSA) is 54.0 Å². The fourth-order valence-electron chi connectivity index (χ4n) is 2.32. The molecule has 1 aromatic heterocycles. The number of rotatable bonds is 4. The van der Waals surface area contributed by atoms with Crippen molar-refractivity contribution in [1.29, 1.82) is 0 Å². The van der Waals surface area contributed by atoms with Crippen LogP contribution in [-0.2, 0) is 0 Å². The first-order chi connectivity index (χ1) is 12.0. The van der Waals surface area contributed by atoms with Crippen molar-refractivity contribution in [3.8, 4) is 0 Å². The van der Waals surface area contributed by atoms with Gasteiger partial charge in [-0.1, -0.05) is 35.3 Å². The number of pyridine rings is 1. The van der Waals surface area contributed by atoms with E-state index in [1.807, 2.05) is 31.2 Å². The van der Waals surface area contributed by atoms with Gasteiger partial charge in [0.2, 0.25) is 0 Å². The molecule has 0 fully saturated rings. The molecule has 25 heavy (non-hydrogen) atoms. The molecule has 0 aliphatic rings. The largest absolute Gasteiger partial charge is 0.340 e. The first kappa shape index (κ1) is 17.3. The van der Waals surface area contributed by atoms with Crippen molar-refractivity contribution >= 4 is 46.3 Å². The lowest BCUT2D eigenvalue weighted by molar-refractivity contribution is 0.102. The van der Waals surface area contributed by atoms with E-state index in [9.17, 15) is 4.79 Å². The van der Waals surface area contributed by atoms with E-state index in [-0.39, 0.29) is 5.91 Å². The van der Waals surface area contributed by atoms with Gasteiger partial charge in [-0.05, 0) is 55.0 Å². The Morgan fingerprint density at radius 3 is 2.56 bits per heavy atom. The normalized spacial score (nSPS) is 10.4. The molecular formula is C19H15Cl2N3O. The molecule has 1 amide bonds. The van der Waals surface area contributed by atoms with Gasteiger partial charge in [0, 0.05) is 17.6 Å². The third kappa shape index (κ3) is 4.29. The number of nitrogens with zero attached hydrogens (tertiary/aromatic N) is 1. The number of amides is 1. The maximum Gasteiger partial charge on any atom is 0.259 e. The highest BCUT2D eigenvalue weighted by atomic mass is 35.5. The smallest absolute Gasteiger partial charge is 0.259 e. The maximum atomic E-state index is 12.6. The summed E-state index contributed by atoms with van der Waals surface area (Å²) in [7, 11) is 0. The molecule has 0 aliphatic heterocycles. The second kappa shape index (κ2) is 7.55. The van der Waals surface area contributed by atoms with Gasteiger partial charge >= 0.3 is 0 Å². The van der Waals surface area contributed by atoms with E-state index >= 15 is 0 Å². The molecule has 0 bridgehead atoms. The van der Waals surface area contributed by atoms with Gasteiger partial charge in [-0.2, -0.15) is 0 Å². The molecule has 2 N–H and O–H groups in total. The van der Waals surface area contributed by atoms with Crippen LogP contribution in [0.5, 0.6) is 0 Å². The predicted octanol–water partition coefficient (Wildman–Crippen LogP) is 5.69. The van der Waals surface area contributed by atoms with Crippen LogP contribution in [-0.4, -0.2) is 10.9 Å². The Balaban J connectivity index is 1.85. The zero-order valence-electron chi connectivity index (χ0n) is 13.4. The summed E-state index contributed by atoms with van der Waals surface area (Å²) in [4.78, 5) is 16.9. The average molecular weight is 372 g/mol. The highest BCUT2D eigenvalue weighted by Gasteiger charge is 2.13. The number of anilines is 3. The van der Waals surface area contributed by atoms with E-state index < -0.39 is 0 Å². The Hall–Kier alpha value is -2.56. The second-order valence-electron chi connectivity index (χ2n) is 5.48. The number of carbonyl (C=O) groups is 1. The zero-order chi connectivity index (χ0) is 17.8. The van der Waals surface area contributed by atoms with Crippen LogP contribution in [0.3, 0.4) is 0 Å². The zero-order valence-corrected chi connectivity index (χ0v) is 14.9. The summed E-state index contributed by atoms with van der Waals surface area (Å²) in [6.07, 6.45) is 1.61. The van der Waals surface area contributed by atoms with Crippen LogP contribution >= 0.6 is 23.2 Å². The van der Waals surface area contributed by atoms with E-state index in [0.29, 0.717) is 27.1 Å². The fraction of sp³-hybridized carbons (Fsp3) is 0.0526. The fourth-order valence-corrected chi connectivity index (χ4v) is 2.62. The molecule has 2 aromatic carbocycles. The molecule has 0 aliphatic carbocycles. The van der Waals surface area contributed by atoms with Gasteiger partial charge < -0.3 is 10.6 Å². The molecular weight excluding hydrogens is 357 g/mol. The van der Waals surface area contributed by atoms with E-state index in [2.05, 4.69) is 15.6 Å². The summed E-state index contributed by atoms with van der Waals surface area (Å²) < 4.78 is 0. The third-order valence-corrected chi connectivity index (χ3v) is 4.25. The van der Waals surface area contributed by atoms with Crippen LogP contribution in [0.1, 0.15) is 15.9 Å². The molecule has 0 spiro atoms. The van der Waals surface area contributed by atoms with Crippen LogP contribution in [0.2, 0.25) is 10.0 Å². The molecule has 4 nitrogen and oxygen atoms in total. The Bertz CT molecular complexity index is 928. The molecule has 0 saturated heterocycles. The van der Waals surface area contributed by atoms with Gasteiger partial charge in [-0.15, -0.1) is 0 Å². The number of halogens is 2. The van der Waals surface area contributed by atoms with Crippen LogP contribution in [0, 0.1) is 6.92 Å². The summed E-state index contributed by atoms with van der Waals surface area (Å²) in [5.74, 6) is 0.187. The molecule has 3 rings (SSSR count). The summed E-state index contributed by atoms with van der Waals surface area (Å²) in [6.45, 7) is 1.97. The molecule has 0 unspecified atom stereocenters. The first-order valence-corrected chi connectivity index (χ1v) is 8.33. The lowest BCUT2D eigenvalue weighted by Crippen LogP contribution is -2.14. The van der Waals surface area contributed by atoms with Crippen molar-refractivity contribution in [3.05, 3.63) is 82.0 Å². The Morgan fingerprint density at radius 1 is 0.960 bits per heavy atom. The standard InChI is InChI=1S/C19H15Cl2N3O/c1-12-4-2-5-13(10-12)24-19(25)15-6-3-9-22-18(15)23-14-7-8-16(20)17(21)11-14/h2-11H,1H3,(H,22,23)(H,24,25). The maximum absolute atomic E-state index is 12.6. The minimum Gasteiger partial charge on any atom is -0.340 e. The van der Waals surface area contributed by atoms with Crippen molar-refractivity contribution in [2.75, 3.05) is 10.6 Å². The number of nitrogens with one attached hydrogen (secondary N) is 2. The van der Waals surface area contributed by atoms with Gasteiger partial charge in [0.1, 0.15) is 5.82 Å². The van der Waals surface area contributed by atoms with E-state index in [1.165, 1.54) is 0 Å². The number of aryl methyl sites for hydroxylation is 1. The number of carbonyl (C=O) groups excluding carboxylic acids is 1. The van der Waals surface area contributed by atoms with Crippen LogP contribution in [0.25, 0.3) is 0 Å². The Morgan fingerprint density at radius 2 is 1.80 bits per heavy atom. The SMILES string of the molecule is Cc1cccc(NC(=O)c2cccnc2Nc2ccc(Cl)c(Cl)c2)c1. The first-order valence-electron chi connectivity index (χ1n) is 7.58. The van der Waals surface area contributed by atoms with Crippen molar-refractivity contribution in [1.82, 2.24) is 4.98 Å². The third-order valence-electron chi connectivity index (χ3n) is 3.51. The molecule has 3 aromatic rings. The highest BCUT2D eigenvalue weighted by Crippen LogP contribution is 2.27. The molecule has 0 atom stereocenters. The Kier molecular flexibility index (Phi) is 5.22. The predicted molar refractivity (Wildman–Crippen MR) is 103 cm³/mol. The number of benzene rings is 2. The summed E-state index contributed by atoms with van der Waals surface area (Å²) in [5, 5.41) is 6.87. The molecule has 0 saturated carbocycles. The van der Waals surface area contributed by atoms with Gasteiger partial charge in [-0.3, -0.25) is 4.79 Å². The van der Waals surface area contributed by atoms with E-state index in [4.69, 9.17) is 23.2 Å². The second-order valence-corrected chi connectivity index (χ2v) is 6.29. The minimum absolute atomic E-state index is 0.249. The van der Waals surface area contributed by atoms with Gasteiger partial charge in [0.15, 0.2) is 0 Å². The lowest BCUT2D eigenvalue weighted by atomic mass is 10.2. The van der Waals surface area contributed by atoms with E-state index in [1.54, 1.807) is 36.5 Å². The lowest BCUT2D eigenvalue weighted by Gasteiger charge is -2.12. The van der Waals surface area contributed by atoms with Gasteiger partial charge in [0.25, 0.3) is 5.91 Å². The molecule has 0 radical (unpaired) electrons. The molecule has 126 valence electrons. The van der Waals surface area contributed by atoms with Crippen LogP contribution in [0.15, 0.2) is 60.8 Å². The van der Waals surface area contributed by atoms with Gasteiger partial charge in [-0.25, -0.2) is 4.98 Å². The Labute approximate surface area is 155 Å². The van der Waals surface area contributed by atoms with Gasteiger partial charge in [0.05, 0.1) is 15.6 Å². The quantitative estimate of drug-likeness (QED) is 0.618. The summed E-state index contributed by atoms with van der Waals surface area (Å²) in [5.41, 5.74) is 2.92. The number of hydrogen-bond acceptors (Lipinski definition) is 3.